The van der Waals surface area contributed by atoms with Gasteiger partial charge in [-0.1, -0.05) is 44.2 Å². The van der Waals surface area contributed by atoms with Crippen LogP contribution in [0.3, 0.4) is 0 Å². The number of aromatic amines is 1. The molecule has 0 saturated carbocycles. The van der Waals surface area contributed by atoms with Gasteiger partial charge in [0.05, 0.1) is 6.04 Å². The molecular weight excluding hydrogens is 552 g/mol. The second kappa shape index (κ2) is 15.7. The number of para-hydroxylation sites is 1. The van der Waals surface area contributed by atoms with Crippen LogP contribution in [0.2, 0.25) is 0 Å². The maximum Gasteiger partial charge on any atom is 0.326 e. The lowest BCUT2D eigenvalue weighted by Gasteiger charge is -2.26. The molecule has 0 spiro atoms. The van der Waals surface area contributed by atoms with E-state index in [0.29, 0.717) is 19.4 Å². The Bertz CT molecular complexity index is 1390. The van der Waals surface area contributed by atoms with Crippen molar-refractivity contribution in [2.75, 3.05) is 6.54 Å². The summed E-state index contributed by atoms with van der Waals surface area (Å²) in [5.41, 5.74) is 14.2. The number of aliphatic carboxylic acids is 1. The highest BCUT2D eigenvalue weighted by molar-refractivity contribution is 5.95. The number of hydrogen-bond acceptors (Lipinski definition) is 7. The second-order valence-corrected chi connectivity index (χ2v) is 11.0. The van der Waals surface area contributed by atoms with E-state index in [2.05, 4.69) is 20.9 Å². The standard InChI is InChI=1S/C31H42N6O6/c1-18(2)27(31(42)43)37-29(40)25(9-5-6-14-32)35-30(41)26(16-20-17-34-24-8-4-3-7-22(20)24)36-28(39)23(33)15-19-10-12-21(38)13-11-19/h3-4,7-8,10-13,17-18,23,25-27,34,38H,5-6,9,14-16,32-33H2,1-2H3,(H,35,41)(H,36,39)(H,37,40)(H,42,43)/t23-,25-,26-,27-/m0/s1. The number of aromatic hydroxyl groups is 1. The zero-order valence-corrected chi connectivity index (χ0v) is 24.5. The molecule has 0 fully saturated rings. The van der Waals surface area contributed by atoms with Crippen LogP contribution in [0.5, 0.6) is 5.75 Å². The lowest BCUT2D eigenvalue weighted by atomic mass is 10.0. The Balaban J connectivity index is 1.83. The number of amides is 3. The minimum Gasteiger partial charge on any atom is -0.508 e. The number of aromatic nitrogens is 1. The molecule has 1 aromatic heterocycles. The summed E-state index contributed by atoms with van der Waals surface area (Å²) in [5.74, 6) is -3.28. The Kier molecular flexibility index (Phi) is 12.1. The molecule has 0 saturated heterocycles. The van der Waals surface area contributed by atoms with Gasteiger partial charge in [0.25, 0.3) is 0 Å². The highest BCUT2D eigenvalue weighted by atomic mass is 16.4. The highest BCUT2D eigenvalue weighted by Gasteiger charge is 2.31. The van der Waals surface area contributed by atoms with E-state index in [9.17, 15) is 29.4 Å². The van der Waals surface area contributed by atoms with Crippen LogP contribution in [0.25, 0.3) is 10.9 Å². The van der Waals surface area contributed by atoms with Gasteiger partial charge >= 0.3 is 5.97 Å². The Morgan fingerprint density at radius 1 is 0.860 bits per heavy atom. The van der Waals surface area contributed by atoms with Gasteiger partial charge in [0.1, 0.15) is 23.9 Å². The number of phenols is 1. The number of carbonyl (C=O) groups excluding carboxylic acids is 3. The first-order valence-corrected chi connectivity index (χ1v) is 14.4. The minimum absolute atomic E-state index is 0.0883. The van der Waals surface area contributed by atoms with Crippen molar-refractivity contribution in [1.82, 2.24) is 20.9 Å². The Morgan fingerprint density at radius 3 is 2.16 bits per heavy atom. The molecule has 3 aromatic rings. The largest absolute Gasteiger partial charge is 0.508 e. The van der Waals surface area contributed by atoms with Crippen LogP contribution in [0.1, 0.15) is 44.2 Å². The van der Waals surface area contributed by atoms with Crippen LogP contribution >= 0.6 is 0 Å². The number of carbonyl (C=O) groups is 4. The molecule has 0 aliphatic rings. The van der Waals surface area contributed by atoms with E-state index < -0.39 is 47.9 Å². The van der Waals surface area contributed by atoms with Crippen molar-refractivity contribution >= 4 is 34.6 Å². The van der Waals surface area contributed by atoms with Gasteiger partial charge in [-0.2, -0.15) is 0 Å². The average molecular weight is 595 g/mol. The lowest BCUT2D eigenvalue weighted by molar-refractivity contribution is -0.143. The van der Waals surface area contributed by atoms with Crippen molar-refractivity contribution in [2.45, 2.75) is 70.1 Å². The maximum atomic E-state index is 13.7. The topological polar surface area (TPSA) is 213 Å². The number of phenolic OH excluding ortho intramolecular Hbond substituents is 1. The smallest absolute Gasteiger partial charge is 0.326 e. The molecule has 12 nitrogen and oxygen atoms in total. The van der Waals surface area contributed by atoms with E-state index in [0.717, 1.165) is 22.0 Å². The third-order valence-corrected chi connectivity index (χ3v) is 7.27. The molecule has 10 N–H and O–H groups in total. The molecule has 2 aromatic carbocycles. The molecule has 0 unspecified atom stereocenters. The fourth-order valence-electron chi connectivity index (χ4n) is 4.79. The summed E-state index contributed by atoms with van der Waals surface area (Å²) in [6.45, 7) is 3.74. The zero-order valence-electron chi connectivity index (χ0n) is 24.5. The van der Waals surface area contributed by atoms with Gasteiger partial charge in [0.2, 0.25) is 17.7 Å². The molecule has 0 aliphatic carbocycles. The predicted octanol–water partition coefficient (Wildman–Crippen LogP) is 1.31. The number of carboxylic acids is 1. The number of nitrogens with two attached hydrogens (primary N) is 2. The summed E-state index contributed by atoms with van der Waals surface area (Å²) in [5, 5.41) is 28.0. The first-order valence-electron chi connectivity index (χ1n) is 14.4. The SMILES string of the molecule is CC(C)[C@H](NC(=O)[C@H](CCCCN)NC(=O)[C@H](Cc1c[nH]c2ccccc12)NC(=O)[C@@H](N)Cc1ccc(O)cc1)C(=O)O. The third kappa shape index (κ3) is 9.55. The van der Waals surface area contributed by atoms with Crippen molar-refractivity contribution in [3.05, 3.63) is 65.9 Å². The number of rotatable bonds is 16. The predicted molar refractivity (Wildman–Crippen MR) is 163 cm³/mol. The van der Waals surface area contributed by atoms with E-state index in [4.69, 9.17) is 11.5 Å². The van der Waals surface area contributed by atoms with Crippen LogP contribution in [0.4, 0.5) is 0 Å². The molecule has 0 bridgehead atoms. The summed E-state index contributed by atoms with van der Waals surface area (Å²) in [6, 6.07) is 9.57. The van der Waals surface area contributed by atoms with Crippen molar-refractivity contribution in [3.63, 3.8) is 0 Å². The van der Waals surface area contributed by atoms with Crippen LogP contribution in [0.15, 0.2) is 54.7 Å². The highest BCUT2D eigenvalue weighted by Crippen LogP contribution is 2.20. The van der Waals surface area contributed by atoms with Gasteiger partial charge in [-0.15, -0.1) is 0 Å². The Morgan fingerprint density at radius 2 is 1.51 bits per heavy atom. The van der Waals surface area contributed by atoms with Gasteiger partial charge in [-0.3, -0.25) is 14.4 Å². The van der Waals surface area contributed by atoms with Crippen LogP contribution in [-0.2, 0) is 32.0 Å². The fourth-order valence-corrected chi connectivity index (χ4v) is 4.79. The molecule has 43 heavy (non-hydrogen) atoms. The van der Waals surface area contributed by atoms with E-state index in [-0.39, 0.29) is 30.9 Å². The van der Waals surface area contributed by atoms with Gasteiger partial charge < -0.3 is 42.6 Å². The van der Waals surface area contributed by atoms with Gasteiger partial charge in [0.15, 0.2) is 0 Å². The van der Waals surface area contributed by atoms with Crippen molar-refractivity contribution in [3.8, 4) is 5.75 Å². The van der Waals surface area contributed by atoms with E-state index in [1.807, 2.05) is 24.3 Å². The summed E-state index contributed by atoms with van der Waals surface area (Å²) >= 11 is 0. The molecule has 0 aliphatic heterocycles. The summed E-state index contributed by atoms with van der Waals surface area (Å²) in [6.07, 6.45) is 3.39. The fraction of sp³-hybridized carbons (Fsp3) is 0.419. The van der Waals surface area contributed by atoms with Gasteiger partial charge in [0, 0.05) is 23.5 Å². The van der Waals surface area contributed by atoms with Crippen molar-refractivity contribution < 1.29 is 29.4 Å². The number of benzene rings is 2. The lowest BCUT2D eigenvalue weighted by Crippen LogP contribution is -2.58. The molecule has 0 radical (unpaired) electrons. The third-order valence-electron chi connectivity index (χ3n) is 7.27. The normalized spacial score (nSPS) is 14.1. The van der Waals surface area contributed by atoms with E-state index >= 15 is 0 Å². The molecular formula is C31H42N6O6. The number of hydrogen-bond donors (Lipinski definition) is 8. The second-order valence-electron chi connectivity index (χ2n) is 11.0. The Hall–Kier alpha value is -4.42. The van der Waals surface area contributed by atoms with E-state index in [1.54, 1.807) is 32.2 Å². The molecule has 12 heteroatoms. The van der Waals surface area contributed by atoms with Crippen molar-refractivity contribution in [1.29, 1.82) is 0 Å². The van der Waals surface area contributed by atoms with Crippen LogP contribution < -0.4 is 27.4 Å². The molecule has 3 rings (SSSR count). The summed E-state index contributed by atoms with van der Waals surface area (Å²) in [7, 11) is 0. The Labute approximate surface area is 250 Å². The number of nitrogens with one attached hydrogen (secondary N) is 4. The minimum atomic E-state index is -1.18. The monoisotopic (exact) mass is 594 g/mol. The van der Waals surface area contributed by atoms with Crippen LogP contribution in [-0.4, -0.2) is 69.6 Å². The first kappa shape index (κ1) is 33.1. The number of fused-ring (bicyclic) bond motifs is 1. The quantitative estimate of drug-likeness (QED) is 0.113. The summed E-state index contributed by atoms with van der Waals surface area (Å²) < 4.78 is 0. The van der Waals surface area contributed by atoms with Gasteiger partial charge in [-0.25, -0.2) is 4.79 Å². The first-order chi connectivity index (χ1) is 20.5. The van der Waals surface area contributed by atoms with Crippen LogP contribution in [0, 0.1) is 5.92 Å². The average Bonchev–Trinajstić information content (AvgIpc) is 3.38. The van der Waals surface area contributed by atoms with E-state index in [1.165, 1.54) is 12.1 Å². The number of unbranched alkanes of at least 4 members (excludes halogenated alkanes) is 1. The molecule has 232 valence electrons. The van der Waals surface area contributed by atoms with Gasteiger partial charge in [-0.05, 0) is 67.5 Å². The molecule has 4 atom stereocenters. The van der Waals surface area contributed by atoms with Crippen molar-refractivity contribution in [2.24, 2.45) is 17.4 Å². The summed E-state index contributed by atoms with van der Waals surface area (Å²) in [4.78, 5) is 55.0. The number of carboxylic acid groups (broad SMARTS) is 1. The maximum absolute atomic E-state index is 13.7. The molecule has 1 heterocycles. The number of H-pyrrole nitrogens is 1. The molecule has 3 amide bonds. The zero-order chi connectivity index (χ0) is 31.5.